The fraction of sp³-hybridized carbons (Fsp3) is 0.500. The van der Waals surface area contributed by atoms with Gasteiger partial charge in [-0.1, -0.05) is 31.9 Å². The van der Waals surface area contributed by atoms with Gasteiger partial charge in [0.05, 0.1) is 0 Å². The van der Waals surface area contributed by atoms with Crippen LogP contribution in [0.2, 0.25) is 0 Å². The molecule has 2 N–H and O–H groups in total. The first-order valence-electron chi connectivity index (χ1n) is 7.25. The Morgan fingerprint density at radius 2 is 2.05 bits per heavy atom. The molecule has 1 saturated carbocycles. The quantitative estimate of drug-likeness (QED) is 0.657. The minimum atomic E-state index is 0.0634. The lowest BCUT2D eigenvalue weighted by molar-refractivity contribution is 0.101. The van der Waals surface area contributed by atoms with E-state index in [2.05, 4.69) is 17.6 Å². The van der Waals surface area contributed by atoms with Crippen molar-refractivity contribution >= 4 is 28.8 Å². The summed E-state index contributed by atoms with van der Waals surface area (Å²) in [6.07, 6.45) is 5.03. The van der Waals surface area contributed by atoms with Gasteiger partial charge in [0.2, 0.25) is 0 Å². The predicted molar refractivity (Wildman–Crippen MR) is 87.2 cm³/mol. The number of thiocarbonyl (C=S) groups is 1. The molecule has 0 saturated heterocycles. The van der Waals surface area contributed by atoms with Gasteiger partial charge in [0, 0.05) is 17.3 Å². The van der Waals surface area contributed by atoms with E-state index in [-0.39, 0.29) is 5.78 Å². The van der Waals surface area contributed by atoms with Crippen LogP contribution < -0.4 is 10.6 Å². The zero-order valence-electron chi connectivity index (χ0n) is 12.1. The molecule has 1 fully saturated rings. The Kier molecular flexibility index (Phi) is 5.12. The van der Waals surface area contributed by atoms with Crippen molar-refractivity contribution in [2.45, 2.75) is 45.6 Å². The van der Waals surface area contributed by atoms with E-state index in [1.54, 1.807) is 6.92 Å². The zero-order valence-corrected chi connectivity index (χ0v) is 12.9. The van der Waals surface area contributed by atoms with Crippen molar-refractivity contribution in [1.82, 2.24) is 5.32 Å². The molecule has 0 bridgehead atoms. The SMILES string of the molecule is CC(=O)c1cccc(NC(=S)NC2CCCCC2C)c1. The lowest BCUT2D eigenvalue weighted by atomic mass is 9.86. The molecule has 1 aliphatic rings. The Morgan fingerprint density at radius 3 is 2.75 bits per heavy atom. The number of nitrogens with one attached hydrogen (secondary N) is 2. The summed E-state index contributed by atoms with van der Waals surface area (Å²) in [6, 6.07) is 7.89. The van der Waals surface area contributed by atoms with Crippen LogP contribution in [0.5, 0.6) is 0 Å². The van der Waals surface area contributed by atoms with Crippen LogP contribution in [-0.4, -0.2) is 16.9 Å². The third-order valence-electron chi connectivity index (χ3n) is 3.95. The number of Topliss-reactive ketones (excluding diaryl/α,β-unsaturated/α-hetero) is 1. The van der Waals surface area contributed by atoms with Gasteiger partial charge in [-0.05, 0) is 50.0 Å². The maximum atomic E-state index is 11.4. The highest BCUT2D eigenvalue weighted by Gasteiger charge is 2.21. The molecule has 108 valence electrons. The van der Waals surface area contributed by atoms with Crippen molar-refractivity contribution in [1.29, 1.82) is 0 Å². The van der Waals surface area contributed by atoms with Crippen LogP contribution in [0.3, 0.4) is 0 Å². The standard InChI is InChI=1S/C16H22N2OS/c1-11-6-3-4-9-15(11)18-16(20)17-14-8-5-7-13(10-14)12(2)19/h5,7-8,10-11,15H,3-4,6,9H2,1-2H3,(H2,17,18,20). The van der Waals surface area contributed by atoms with E-state index in [1.807, 2.05) is 24.3 Å². The fourth-order valence-corrected chi connectivity index (χ4v) is 2.95. The minimum absolute atomic E-state index is 0.0634. The summed E-state index contributed by atoms with van der Waals surface area (Å²) >= 11 is 5.37. The summed E-state index contributed by atoms with van der Waals surface area (Å²) in [4.78, 5) is 11.4. The molecule has 0 heterocycles. The number of hydrogen-bond donors (Lipinski definition) is 2. The molecule has 1 aliphatic carbocycles. The van der Waals surface area contributed by atoms with Crippen molar-refractivity contribution in [2.24, 2.45) is 5.92 Å². The molecular weight excluding hydrogens is 268 g/mol. The average molecular weight is 290 g/mol. The van der Waals surface area contributed by atoms with Crippen molar-refractivity contribution in [3.63, 3.8) is 0 Å². The van der Waals surface area contributed by atoms with Crippen molar-refractivity contribution < 1.29 is 4.79 Å². The molecule has 2 atom stereocenters. The van der Waals surface area contributed by atoms with Crippen LogP contribution >= 0.6 is 12.2 Å². The van der Waals surface area contributed by atoms with Crippen molar-refractivity contribution in [2.75, 3.05) is 5.32 Å². The summed E-state index contributed by atoms with van der Waals surface area (Å²) in [5.74, 6) is 0.723. The Hall–Kier alpha value is -1.42. The Morgan fingerprint density at radius 1 is 1.30 bits per heavy atom. The number of carbonyl (C=O) groups excluding carboxylic acids is 1. The molecule has 1 aromatic carbocycles. The molecule has 0 aliphatic heterocycles. The summed E-state index contributed by atoms with van der Waals surface area (Å²) in [6.45, 7) is 3.84. The van der Waals surface area contributed by atoms with Crippen LogP contribution in [0.4, 0.5) is 5.69 Å². The summed E-state index contributed by atoms with van der Waals surface area (Å²) in [5, 5.41) is 7.22. The van der Waals surface area contributed by atoms with Gasteiger partial charge < -0.3 is 10.6 Å². The highest BCUT2D eigenvalue weighted by Crippen LogP contribution is 2.23. The lowest BCUT2D eigenvalue weighted by Crippen LogP contribution is -2.43. The molecule has 20 heavy (non-hydrogen) atoms. The van der Waals surface area contributed by atoms with E-state index in [0.29, 0.717) is 22.6 Å². The first kappa shape index (κ1) is 15.0. The number of ketones is 1. The predicted octanol–water partition coefficient (Wildman–Crippen LogP) is 3.75. The average Bonchev–Trinajstić information content (AvgIpc) is 2.41. The van der Waals surface area contributed by atoms with E-state index in [9.17, 15) is 4.79 Å². The van der Waals surface area contributed by atoms with E-state index in [4.69, 9.17) is 12.2 Å². The van der Waals surface area contributed by atoms with Gasteiger partial charge in [-0.25, -0.2) is 0 Å². The first-order chi connectivity index (χ1) is 9.56. The summed E-state index contributed by atoms with van der Waals surface area (Å²) in [5.41, 5.74) is 1.56. The van der Waals surface area contributed by atoms with Gasteiger partial charge in [-0.15, -0.1) is 0 Å². The van der Waals surface area contributed by atoms with Crippen LogP contribution in [-0.2, 0) is 0 Å². The smallest absolute Gasteiger partial charge is 0.171 e. The van der Waals surface area contributed by atoms with E-state index in [0.717, 1.165) is 5.69 Å². The lowest BCUT2D eigenvalue weighted by Gasteiger charge is -2.30. The molecule has 0 amide bonds. The number of anilines is 1. The normalized spacial score (nSPS) is 22.1. The number of carbonyl (C=O) groups is 1. The van der Waals surface area contributed by atoms with Gasteiger partial charge in [0.1, 0.15) is 0 Å². The molecule has 3 nitrogen and oxygen atoms in total. The summed E-state index contributed by atoms with van der Waals surface area (Å²) in [7, 11) is 0. The van der Waals surface area contributed by atoms with E-state index >= 15 is 0 Å². The second-order valence-electron chi connectivity index (χ2n) is 5.60. The third-order valence-corrected chi connectivity index (χ3v) is 4.17. The highest BCUT2D eigenvalue weighted by molar-refractivity contribution is 7.80. The van der Waals surface area contributed by atoms with Crippen LogP contribution in [0.1, 0.15) is 49.9 Å². The summed E-state index contributed by atoms with van der Waals surface area (Å²) < 4.78 is 0. The van der Waals surface area contributed by atoms with Gasteiger partial charge in [-0.3, -0.25) is 4.79 Å². The van der Waals surface area contributed by atoms with E-state index < -0.39 is 0 Å². The second-order valence-corrected chi connectivity index (χ2v) is 6.01. The van der Waals surface area contributed by atoms with Gasteiger partial charge in [0.25, 0.3) is 0 Å². The van der Waals surface area contributed by atoms with Crippen LogP contribution in [0.25, 0.3) is 0 Å². The number of benzene rings is 1. The highest BCUT2D eigenvalue weighted by atomic mass is 32.1. The monoisotopic (exact) mass is 290 g/mol. The number of hydrogen-bond acceptors (Lipinski definition) is 2. The minimum Gasteiger partial charge on any atom is -0.359 e. The molecule has 0 radical (unpaired) electrons. The topological polar surface area (TPSA) is 41.1 Å². The van der Waals surface area contributed by atoms with Gasteiger partial charge >= 0.3 is 0 Å². The van der Waals surface area contributed by atoms with Crippen molar-refractivity contribution in [3.05, 3.63) is 29.8 Å². The largest absolute Gasteiger partial charge is 0.359 e. The fourth-order valence-electron chi connectivity index (χ4n) is 2.68. The molecule has 0 spiro atoms. The molecule has 0 aromatic heterocycles. The zero-order chi connectivity index (χ0) is 14.5. The second kappa shape index (κ2) is 6.84. The Labute approximate surface area is 126 Å². The number of rotatable bonds is 3. The molecule has 2 unspecified atom stereocenters. The maximum Gasteiger partial charge on any atom is 0.171 e. The molecule has 2 rings (SSSR count). The first-order valence-corrected chi connectivity index (χ1v) is 7.65. The molecule has 4 heteroatoms. The molecular formula is C16H22N2OS. The van der Waals surface area contributed by atoms with Gasteiger partial charge in [0.15, 0.2) is 10.9 Å². The van der Waals surface area contributed by atoms with Gasteiger partial charge in [-0.2, -0.15) is 0 Å². The molecule has 1 aromatic rings. The van der Waals surface area contributed by atoms with E-state index in [1.165, 1.54) is 25.7 Å². The Bertz CT molecular complexity index is 501. The maximum absolute atomic E-state index is 11.4. The Balaban J connectivity index is 1.94. The van der Waals surface area contributed by atoms with Crippen LogP contribution in [0.15, 0.2) is 24.3 Å². The van der Waals surface area contributed by atoms with Crippen molar-refractivity contribution in [3.8, 4) is 0 Å². The van der Waals surface area contributed by atoms with Crippen LogP contribution in [0, 0.1) is 5.92 Å². The third kappa shape index (κ3) is 4.04.